The van der Waals surface area contributed by atoms with Crippen molar-refractivity contribution < 1.29 is 0 Å². The summed E-state index contributed by atoms with van der Waals surface area (Å²) < 4.78 is 0. The molecule has 0 aromatic heterocycles. The molecule has 0 spiro atoms. The minimum atomic E-state index is 0.288. The van der Waals surface area contributed by atoms with Gasteiger partial charge in [0, 0.05) is 16.7 Å². The molecule has 0 heteroatoms. The van der Waals surface area contributed by atoms with E-state index in [1.54, 1.807) is 0 Å². The van der Waals surface area contributed by atoms with E-state index in [9.17, 15) is 0 Å². The van der Waals surface area contributed by atoms with E-state index < -0.39 is 0 Å². The predicted octanol–water partition coefficient (Wildman–Crippen LogP) is 5.52. The summed E-state index contributed by atoms with van der Waals surface area (Å²) in [5.74, 6) is 15.0. The lowest BCUT2D eigenvalue weighted by Crippen LogP contribution is -2.48. The maximum Gasteiger partial charge on any atom is 0.0555 e. The zero-order valence-electron chi connectivity index (χ0n) is 16.2. The van der Waals surface area contributed by atoms with Crippen molar-refractivity contribution in [3.63, 3.8) is 0 Å². The van der Waals surface area contributed by atoms with Crippen molar-refractivity contribution in [2.24, 2.45) is 17.8 Å². The zero-order chi connectivity index (χ0) is 19.1. The second-order valence-electron chi connectivity index (χ2n) is 9.05. The van der Waals surface area contributed by atoms with Crippen molar-refractivity contribution in [3.8, 4) is 36.5 Å². The lowest BCUT2D eigenvalue weighted by molar-refractivity contribution is -0.00520. The van der Waals surface area contributed by atoms with Crippen LogP contribution in [0.25, 0.3) is 0 Å². The molecule has 0 aliphatic heterocycles. The first kappa shape index (κ1) is 17.2. The average Bonchev–Trinajstić information content (AvgIpc) is 2.71. The Morgan fingerprint density at radius 1 is 0.750 bits per heavy atom. The van der Waals surface area contributed by atoms with Crippen molar-refractivity contribution in [1.29, 1.82) is 0 Å². The average molecular weight is 360 g/mol. The predicted molar refractivity (Wildman–Crippen MR) is 115 cm³/mol. The Morgan fingerprint density at radius 3 is 1.93 bits per heavy atom. The molecule has 4 fully saturated rings. The fraction of sp³-hybridized carbons (Fsp3) is 0.357. The highest BCUT2D eigenvalue weighted by atomic mass is 14.6. The molecule has 0 amide bonds. The summed E-state index contributed by atoms with van der Waals surface area (Å²) in [5, 5.41) is 0. The van der Waals surface area contributed by atoms with E-state index in [1.165, 1.54) is 44.1 Å². The molecule has 2 aromatic carbocycles. The van der Waals surface area contributed by atoms with Gasteiger partial charge in [0.1, 0.15) is 0 Å². The van der Waals surface area contributed by atoms with Gasteiger partial charge in [-0.25, -0.2) is 0 Å². The Labute approximate surface area is 168 Å². The summed E-state index contributed by atoms with van der Waals surface area (Å²) in [6.07, 6.45) is 19.9. The fourth-order valence-electron chi connectivity index (χ4n) is 6.44. The van der Waals surface area contributed by atoms with Gasteiger partial charge >= 0.3 is 0 Å². The molecule has 0 N–H and O–H groups in total. The maximum atomic E-state index is 5.87. The van der Waals surface area contributed by atoms with Crippen LogP contribution in [0.1, 0.15) is 66.3 Å². The first-order valence-electron chi connectivity index (χ1n) is 10.4. The van der Waals surface area contributed by atoms with Crippen molar-refractivity contribution >= 4 is 0 Å². The monoisotopic (exact) mass is 360 g/mol. The smallest absolute Gasteiger partial charge is 0.0555 e. The Balaban J connectivity index is 1.62. The molecule has 0 nitrogen and oxygen atoms in total. The van der Waals surface area contributed by atoms with Gasteiger partial charge in [0.25, 0.3) is 0 Å². The van der Waals surface area contributed by atoms with Gasteiger partial charge in [-0.1, -0.05) is 41.9 Å². The highest BCUT2D eigenvalue weighted by molar-refractivity contribution is 5.62. The highest BCUT2D eigenvalue weighted by Crippen LogP contribution is 2.60. The molecular formula is C28H24. The van der Waals surface area contributed by atoms with Gasteiger partial charge in [0.2, 0.25) is 0 Å². The lowest BCUT2D eigenvalue weighted by atomic mass is 9.48. The van der Waals surface area contributed by atoms with Gasteiger partial charge < -0.3 is 0 Å². The molecule has 6 rings (SSSR count). The number of hydrogen-bond donors (Lipinski definition) is 0. The molecule has 4 aliphatic carbocycles. The summed E-state index contributed by atoms with van der Waals surface area (Å²) in [4.78, 5) is 0. The van der Waals surface area contributed by atoms with E-state index in [0.717, 1.165) is 40.0 Å². The van der Waals surface area contributed by atoms with E-state index in [0.29, 0.717) is 0 Å². The third kappa shape index (κ3) is 2.84. The summed E-state index contributed by atoms with van der Waals surface area (Å²) in [5.41, 5.74) is 5.17. The molecule has 2 aromatic rings. The SMILES string of the molecule is C#Cc1cc(C23CC4CC(CC(C4)C2)C3)cc(C#Cc2ccccc2)c1C#C. The maximum absolute atomic E-state index is 5.87. The van der Waals surface area contributed by atoms with Crippen LogP contribution in [-0.4, -0.2) is 0 Å². The van der Waals surface area contributed by atoms with E-state index >= 15 is 0 Å². The van der Waals surface area contributed by atoms with Crippen molar-refractivity contribution in [2.45, 2.75) is 43.9 Å². The first-order chi connectivity index (χ1) is 13.7. The van der Waals surface area contributed by atoms with Crippen LogP contribution in [0.15, 0.2) is 42.5 Å². The normalized spacial score (nSPS) is 29.4. The summed E-state index contributed by atoms with van der Waals surface area (Å²) in [7, 11) is 0. The van der Waals surface area contributed by atoms with Gasteiger partial charge in [0.05, 0.1) is 5.56 Å². The number of benzene rings is 2. The molecule has 28 heavy (non-hydrogen) atoms. The Kier molecular flexibility index (Phi) is 4.08. The number of hydrogen-bond acceptors (Lipinski definition) is 0. The topological polar surface area (TPSA) is 0 Å². The van der Waals surface area contributed by atoms with Crippen LogP contribution < -0.4 is 0 Å². The van der Waals surface area contributed by atoms with Crippen LogP contribution >= 0.6 is 0 Å². The van der Waals surface area contributed by atoms with E-state index in [4.69, 9.17) is 12.8 Å². The molecule has 0 saturated heterocycles. The quantitative estimate of drug-likeness (QED) is 0.588. The molecule has 0 heterocycles. The zero-order valence-corrected chi connectivity index (χ0v) is 16.2. The van der Waals surface area contributed by atoms with Crippen LogP contribution in [0.3, 0.4) is 0 Å². The van der Waals surface area contributed by atoms with Crippen LogP contribution in [0, 0.1) is 54.3 Å². The fourth-order valence-corrected chi connectivity index (χ4v) is 6.44. The van der Waals surface area contributed by atoms with E-state index in [2.05, 4.69) is 35.8 Å². The number of terminal acetylenes is 2. The molecular weight excluding hydrogens is 336 g/mol. The molecule has 4 aliphatic rings. The molecule has 0 atom stereocenters. The molecule has 0 unspecified atom stereocenters. The molecule has 0 radical (unpaired) electrons. The highest BCUT2D eigenvalue weighted by Gasteiger charge is 2.51. The largest absolute Gasteiger partial charge is 0.115 e. The Morgan fingerprint density at radius 2 is 1.36 bits per heavy atom. The minimum absolute atomic E-state index is 0.288. The number of rotatable bonds is 1. The van der Waals surface area contributed by atoms with Gasteiger partial charge in [-0.15, -0.1) is 12.8 Å². The van der Waals surface area contributed by atoms with E-state index in [1.807, 2.05) is 30.3 Å². The second kappa shape index (κ2) is 6.62. The van der Waals surface area contributed by atoms with Crippen molar-refractivity contribution in [1.82, 2.24) is 0 Å². The lowest BCUT2D eigenvalue weighted by Gasteiger charge is -2.57. The Hall–Kier alpha value is -2.88. The van der Waals surface area contributed by atoms with Gasteiger partial charge in [-0.3, -0.25) is 0 Å². The van der Waals surface area contributed by atoms with Crippen molar-refractivity contribution in [3.05, 3.63) is 70.3 Å². The van der Waals surface area contributed by atoms with Gasteiger partial charge in [0.15, 0.2) is 0 Å². The van der Waals surface area contributed by atoms with Crippen LogP contribution in [0.2, 0.25) is 0 Å². The first-order valence-corrected chi connectivity index (χ1v) is 10.4. The minimum Gasteiger partial charge on any atom is -0.115 e. The molecule has 4 saturated carbocycles. The van der Waals surface area contributed by atoms with Gasteiger partial charge in [-0.05, 0) is 91.5 Å². The standard InChI is InChI=1S/C28H24/c1-3-24-15-26(28-17-21-12-22(18-28)14-23(13-21)19-28)16-25(27(24)4-2)11-10-20-8-6-5-7-9-20/h1-2,5-9,15-16,21-23H,12-14,17-19H2. The third-order valence-electron chi connectivity index (χ3n) is 7.20. The Bertz CT molecular complexity index is 1020. The summed E-state index contributed by atoms with van der Waals surface area (Å²) >= 11 is 0. The second-order valence-corrected chi connectivity index (χ2v) is 9.05. The summed E-state index contributed by atoms with van der Waals surface area (Å²) in [6.45, 7) is 0. The summed E-state index contributed by atoms with van der Waals surface area (Å²) in [6, 6.07) is 14.5. The van der Waals surface area contributed by atoms with Crippen LogP contribution in [-0.2, 0) is 5.41 Å². The van der Waals surface area contributed by atoms with Crippen LogP contribution in [0.5, 0.6) is 0 Å². The van der Waals surface area contributed by atoms with E-state index in [-0.39, 0.29) is 5.41 Å². The molecule has 136 valence electrons. The third-order valence-corrected chi connectivity index (χ3v) is 7.20. The van der Waals surface area contributed by atoms with Crippen molar-refractivity contribution in [2.75, 3.05) is 0 Å². The van der Waals surface area contributed by atoms with Crippen LogP contribution in [0.4, 0.5) is 0 Å². The molecule has 4 bridgehead atoms. The van der Waals surface area contributed by atoms with Gasteiger partial charge in [-0.2, -0.15) is 0 Å².